The summed E-state index contributed by atoms with van der Waals surface area (Å²) in [4.78, 5) is 13.4. The van der Waals surface area contributed by atoms with E-state index >= 15 is 0 Å². The van der Waals surface area contributed by atoms with Gasteiger partial charge in [-0.15, -0.1) is 6.58 Å². The third-order valence-corrected chi connectivity index (χ3v) is 2.71. The van der Waals surface area contributed by atoms with Crippen LogP contribution >= 0.6 is 0 Å². The minimum absolute atomic E-state index is 0.280. The van der Waals surface area contributed by atoms with Crippen molar-refractivity contribution in [3.05, 3.63) is 12.7 Å². The zero-order valence-corrected chi connectivity index (χ0v) is 8.74. The summed E-state index contributed by atoms with van der Waals surface area (Å²) in [7, 11) is 0. The van der Waals surface area contributed by atoms with E-state index < -0.39 is 0 Å². The van der Waals surface area contributed by atoms with E-state index in [1.807, 2.05) is 11.0 Å². The molecule has 1 atom stereocenters. The maximum atomic E-state index is 11.5. The number of carbonyl (C=O) groups is 1. The topological polar surface area (TPSA) is 46.3 Å². The van der Waals surface area contributed by atoms with E-state index in [9.17, 15) is 4.79 Å². The Bertz CT molecular complexity index is 203. The van der Waals surface area contributed by atoms with Crippen molar-refractivity contribution in [1.29, 1.82) is 0 Å². The fourth-order valence-electron chi connectivity index (χ4n) is 1.80. The van der Waals surface area contributed by atoms with Crippen LogP contribution in [0.3, 0.4) is 0 Å². The van der Waals surface area contributed by atoms with Crippen molar-refractivity contribution in [2.45, 2.75) is 25.7 Å². The van der Waals surface area contributed by atoms with Gasteiger partial charge in [0.1, 0.15) is 0 Å². The molecule has 14 heavy (non-hydrogen) atoms. The molecule has 0 aromatic rings. The van der Waals surface area contributed by atoms with Gasteiger partial charge in [-0.05, 0) is 19.4 Å². The molecular formula is C11H20N2O. The average molecular weight is 196 g/mol. The Hall–Kier alpha value is -0.830. The van der Waals surface area contributed by atoms with Crippen molar-refractivity contribution in [3.63, 3.8) is 0 Å². The summed E-state index contributed by atoms with van der Waals surface area (Å²) >= 11 is 0. The number of nitrogens with zero attached hydrogens (tertiary/aromatic N) is 1. The monoisotopic (exact) mass is 196 g/mol. The lowest BCUT2D eigenvalue weighted by atomic mass is 10.1. The van der Waals surface area contributed by atoms with Gasteiger partial charge in [0, 0.05) is 25.4 Å². The van der Waals surface area contributed by atoms with E-state index in [0.717, 1.165) is 38.9 Å². The van der Waals surface area contributed by atoms with Gasteiger partial charge >= 0.3 is 0 Å². The number of rotatable bonds is 6. The van der Waals surface area contributed by atoms with Gasteiger partial charge in [0.2, 0.25) is 5.91 Å². The molecule has 0 radical (unpaired) electrons. The van der Waals surface area contributed by atoms with Gasteiger partial charge < -0.3 is 10.6 Å². The molecule has 3 heteroatoms. The van der Waals surface area contributed by atoms with Gasteiger partial charge in [0.05, 0.1) is 0 Å². The third-order valence-electron chi connectivity index (χ3n) is 2.71. The van der Waals surface area contributed by atoms with Crippen LogP contribution in [0, 0.1) is 5.92 Å². The fourth-order valence-corrected chi connectivity index (χ4v) is 1.80. The minimum Gasteiger partial charge on any atom is -0.342 e. The molecule has 1 saturated heterocycles. The van der Waals surface area contributed by atoms with Crippen molar-refractivity contribution in [3.8, 4) is 0 Å². The maximum absolute atomic E-state index is 11.5. The number of amides is 1. The third kappa shape index (κ3) is 3.14. The number of hydrogen-bond acceptors (Lipinski definition) is 2. The number of carbonyl (C=O) groups excluding carboxylic acids is 1. The van der Waals surface area contributed by atoms with Crippen molar-refractivity contribution in [2.24, 2.45) is 11.7 Å². The van der Waals surface area contributed by atoms with E-state index in [-0.39, 0.29) is 5.91 Å². The van der Waals surface area contributed by atoms with Gasteiger partial charge in [0.25, 0.3) is 0 Å². The predicted octanol–water partition coefficient (Wildman–Crippen LogP) is 1.15. The van der Waals surface area contributed by atoms with Crippen molar-refractivity contribution in [1.82, 2.24) is 4.90 Å². The van der Waals surface area contributed by atoms with Crippen LogP contribution in [0.1, 0.15) is 25.7 Å². The van der Waals surface area contributed by atoms with Crippen LogP contribution in [0.5, 0.6) is 0 Å². The highest BCUT2D eigenvalue weighted by Crippen LogP contribution is 2.18. The summed E-state index contributed by atoms with van der Waals surface area (Å²) in [5.41, 5.74) is 5.40. The van der Waals surface area contributed by atoms with Crippen LogP contribution in [0.4, 0.5) is 0 Å². The summed E-state index contributed by atoms with van der Waals surface area (Å²) in [6.07, 6.45) is 5.80. The first-order valence-electron chi connectivity index (χ1n) is 5.38. The molecule has 0 aromatic heterocycles. The van der Waals surface area contributed by atoms with E-state index in [2.05, 4.69) is 6.58 Å². The Morgan fingerprint density at radius 2 is 2.29 bits per heavy atom. The quantitative estimate of drug-likeness (QED) is 0.511. The highest BCUT2D eigenvalue weighted by atomic mass is 16.2. The second kappa shape index (κ2) is 5.81. The van der Waals surface area contributed by atoms with Crippen LogP contribution in [-0.4, -0.2) is 30.4 Å². The molecule has 1 aliphatic rings. The second-order valence-corrected chi connectivity index (χ2v) is 3.89. The normalized spacial score (nSPS) is 21.6. The van der Waals surface area contributed by atoms with E-state index in [4.69, 9.17) is 5.73 Å². The van der Waals surface area contributed by atoms with Crippen LogP contribution in [-0.2, 0) is 4.79 Å². The molecule has 1 rings (SSSR count). The molecule has 1 fully saturated rings. The zero-order valence-electron chi connectivity index (χ0n) is 8.74. The average Bonchev–Trinajstić information content (AvgIpc) is 2.54. The highest BCUT2D eigenvalue weighted by molar-refractivity contribution is 5.78. The molecule has 2 N–H and O–H groups in total. The summed E-state index contributed by atoms with van der Waals surface area (Å²) in [5, 5.41) is 0. The van der Waals surface area contributed by atoms with E-state index in [0.29, 0.717) is 12.3 Å². The van der Waals surface area contributed by atoms with Crippen LogP contribution in [0.25, 0.3) is 0 Å². The highest BCUT2D eigenvalue weighted by Gasteiger charge is 2.26. The molecule has 0 bridgehead atoms. The summed E-state index contributed by atoms with van der Waals surface area (Å²) in [6.45, 7) is 6.24. The molecule has 1 aliphatic heterocycles. The Labute approximate surface area is 86.0 Å². The van der Waals surface area contributed by atoms with Gasteiger partial charge in [-0.3, -0.25) is 4.79 Å². The van der Waals surface area contributed by atoms with Crippen molar-refractivity contribution >= 4 is 5.91 Å². The van der Waals surface area contributed by atoms with Crippen LogP contribution in [0.15, 0.2) is 12.7 Å². The predicted molar refractivity (Wildman–Crippen MR) is 57.8 cm³/mol. The number of likely N-dealkylation sites (tertiary alicyclic amines) is 1. The molecule has 0 saturated carbocycles. The smallest absolute Gasteiger partial charge is 0.223 e. The van der Waals surface area contributed by atoms with Crippen molar-refractivity contribution < 1.29 is 4.79 Å². The molecule has 1 heterocycles. The Balaban J connectivity index is 2.18. The first-order valence-corrected chi connectivity index (χ1v) is 5.38. The lowest BCUT2D eigenvalue weighted by Gasteiger charge is -2.15. The van der Waals surface area contributed by atoms with Crippen LogP contribution in [0.2, 0.25) is 0 Å². The van der Waals surface area contributed by atoms with Gasteiger partial charge in [-0.2, -0.15) is 0 Å². The Morgan fingerprint density at radius 1 is 1.50 bits per heavy atom. The lowest BCUT2D eigenvalue weighted by molar-refractivity contribution is -0.127. The second-order valence-electron chi connectivity index (χ2n) is 3.89. The van der Waals surface area contributed by atoms with Crippen LogP contribution < -0.4 is 5.73 Å². The summed E-state index contributed by atoms with van der Waals surface area (Å²) in [6, 6.07) is 0. The molecule has 0 spiro atoms. The molecule has 3 nitrogen and oxygen atoms in total. The lowest BCUT2D eigenvalue weighted by Crippen LogP contribution is -2.26. The molecule has 0 aromatic carbocycles. The standard InChI is InChI=1S/C11H20N2O/c1-2-10-8-11(14)13(9-10)7-5-3-4-6-12/h2,10H,1,3-9,12H2. The van der Waals surface area contributed by atoms with E-state index in [1.165, 1.54) is 0 Å². The number of hydrogen-bond donors (Lipinski definition) is 1. The van der Waals surface area contributed by atoms with Gasteiger partial charge in [0.15, 0.2) is 0 Å². The Morgan fingerprint density at radius 3 is 2.86 bits per heavy atom. The largest absolute Gasteiger partial charge is 0.342 e. The van der Waals surface area contributed by atoms with Gasteiger partial charge in [-0.25, -0.2) is 0 Å². The molecule has 0 aliphatic carbocycles. The molecular weight excluding hydrogens is 176 g/mol. The first-order chi connectivity index (χ1) is 6.77. The summed E-state index contributed by atoms with van der Waals surface area (Å²) in [5.74, 6) is 0.652. The molecule has 1 unspecified atom stereocenters. The van der Waals surface area contributed by atoms with E-state index in [1.54, 1.807) is 0 Å². The molecule has 1 amide bonds. The summed E-state index contributed by atoms with van der Waals surface area (Å²) < 4.78 is 0. The SMILES string of the molecule is C=CC1CC(=O)N(CCCCCN)C1. The molecule has 80 valence electrons. The van der Waals surface area contributed by atoms with Gasteiger partial charge in [-0.1, -0.05) is 12.5 Å². The first kappa shape index (κ1) is 11.2. The fraction of sp³-hybridized carbons (Fsp3) is 0.727. The maximum Gasteiger partial charge on any atom is 0.223 e. The number of unbranched alkanes of at least 4 members (excludes halogenated alkanes) is 2. The zero-order chi connectivity index (χ0) is 10.4. The van der Waals surface area contributed by atoms with Crippen molar-refractivity contribution in [2.75, 3.05) is 19.6 Å². The number of nitrogens with two attached hydrogens (primary N) is 1. The Kier molecular flexibility index (Phi) is 4.66. The minimum atomic E-state index is 0.280.